The second-order valence-corrected chi connectivity index (χ2v) is 5.99. The van der Waals surface area contributed by atoms with Crippen LogP contribution < -0.4 is 10.6 Å². The van der Waals surface area contributed by atoms with Crippen LogP contribution in [-0.4, -0.2) is 18.4 Å². The van der Waals surface area contributed by atoms with Crippen molar-refractivity contribution in [2.45, 2.75) is 34.1 Å². The van der Waals surface area contributed by atoms with Crippen LogP contribution in [0.25, 0.3) is 0 Å². The molecule has 2 aromatic rings. The summed E-state index contributed by atoms with van der Waals surface area (Å²) in [6, 6.07) is 11.4. The highest BCUT2D eigenvalue weighted by atomic mass is 16.2. The topological polar surface area (TPSA) is 58.2 Å². The molecule has 0 unspecified atom stereocenters. The third kappa shape index (κ3) is 4.22. The third-order valence-electron chi connectivity index (χ3n) is 4.18. The average molecular weight is 324 g/mol. The first-order valence-electron chi connectivity index (χ1n) is 8.16. The highest BCUT2D eigenvalue weighted by Crippen LogP contribution is 2.20. The first kappa shape index (κ1) is 17.7. The molecule has 2 amide bonds. The minimum Gasteiger partial charge on any atom is -0.343 e. The molecule has 0 atom stereocenters. The largest absolute Gasteiger partial charge is 0.343 e. The van der Waals surface area contributed by atoms with Crippen LogP contribution in [0, 0.1) is 20.8 Å². The van der Waals surface area contributed by atoms with Crippen molar-refractivity contribution >= 4 is 17.5 Å². The lowest BCUT2D eigenvalue weighted by Gasteiger charge is -2.13. The van der Waals surface area contributed by atoms with Gasteiger partial charge >= 0.3 is 0 Å². The molecule has 0 aliphatic rings. The maximum atomic E-state index is 12.2. The summed E-state index contributed by atoms with van der Waals surface area (Å²) in [4.78, 5) is 24.3. The molecule has 0 saturated heterocycles. The minimum absolute atomic E-state index is 0.0523. The van der Waals surface area contributed by atoms with Gasteiger partial charge in [0.05, 0.1) is 6.54 Å². The minimum atomic E-state index is -0.242. The number of amides is 2. The molecule has 2 rings (SSSR count). The van der Waals surface area contributed by atoms with Gasteiger partial charge in [-0.3, -0.25) is 9.59 Å². The Balaban J connectivity index is 1.98. The van der Waals surface area contributed by atoms with E-state index in [0.29, 0.717) is 5.56 Å². The smallest absolute Gasteiger partial charge is 0.251 e. The van der Waals surface area contributed by atoms with Gasteiger partial charge in [0.25, 0.3) is 5.91 Å². The maximum Gasteiger partial charge on any atom is 0.251 e. The highest BCUT2D eigenvalue weighted by Gasteiger charge is 2.11. The Hall–Kier alpha value is -2.62. The quantitative estimate of drug-likeness (QED) is 0.884. The van der Waals surface area contributed by atoms with Gasteiger partial charge in [-0.25, -0.2) is 0 Å². The Morgan fingerprint density at radius 1 is 0.958 bits per heavy atom. The van der Waals surface area contributed by atoms with Crippen molar-refractivity contribution in [3.05, 3.63) is 64.2 Å². The number of hydrogen-bond donors (Lipinski definition) is 2. The van der Waals surface area contributed by atoms with Crippen molar-refractivity contribution in [2.24, 2.45) is 0 Å². The molecule has 4 heteroatoms. The molecule has 0 heterocycles. The summed E-state index contributed by atoms with van der Waals surface area (Å²) in [6.45, 7) is 7.92. The number of carbonyl (C=O) groups is 2. The van der Waals surface area contributed by atoms with Gasteiger partial charge in [-0.15, -0.1) is 0 Å². The summed E-state index contributed by atoms with van der Waals surface area (Å²) in [5.74, 6) is -0.468. The van der Waals surface area contributed by atoms with Crippen molar-refractivity contribution < 1.29 is 9.59 Å². The van der Waals surface area contributed by atoms with Crippen LogP contribution in [0.15, 0.2) is 36.4 Å². The summed E-state index contributed by atoms with van der Waals surface area (Å²) in [5, 5.41) is 5.58. The Morgan fingerprint density at radius 2 is 1.71 bits per heavy atom. The van der Waals surface area contributed by atoms with Crippen molar-refractivity contribution in [3.63, 3.8) is 0 Å². The van der Waals surface area contributed by atoms with Crippen LogP contribution >= 0.6 is 0 Å². The lowest BCUT2D eigenvalue weighted by molar-refractivity contribution is -0.115. The van der Waals surface area contributed by atoms with E-state index in [9.17, 15) is 9.59 Å². The van der Waals surface area contributed by atoms with Gasteiger partial charge in [0.15, 0.2) is 0 Å². The fourth-order valence-electron chi connectivity index (χ4n) is 2.53. The summed E-state index contributed by atoms with van der Waals surface area (Å²) in [5.41, 5.74) is 5.70. The molecule has 2 aromatic carbocycles. The Bertz CT molecular complexity index is 766. The van der Waals surface area contributed by atoms with E-state index in [1.807, 2.05) is 58.0 Å². The zero-order valence-corrected chi connectivity index (χ0v) is 14.7. The monoisotopic (exact) mass is 324 g/mol. The number of benzene rings is 2. The lowest BCUT2D eigenvalue weighted by atomic mass is 10.1. The van der Waals surface area contributed by atoms with Gasteiger partial charge < -0.3 is 10.6 Å². The van der Waals surface area contributed by atoms with Crippen LogP contribution in [0.1, 0.15) is 39.5 Å². The van der Waals surface area contributed by atoms with Gasteiger partial charge in [-0.1, -0.05) is 31.2 Å². The number of rotatable bonds is 5. The molecule has 0 spiro atoms. The van der Waals surface area contributed by atoms with Crippen LogP contribution in [0.5, 0.6) is 0 Å². The SMILES string of the molecule is CCc1cccc(C)c1NC(=O)CNC(=O)c1ccc(C)c(C)c1. The molecule has 2 N–H and O–H groups in total. The van der Waals surface area contributed by atoms with Crippen LogP contribution in [0.3, 0.4) is 0 Å². The molecule has 0 bridgehead atoms. The standard InChI is InChI=1S/C20H24N2O2/c1-5-16-8-6-7-14(3)19(16)22-18(23)12-21-20(24)17-10-9-13(2)15(4)11-17/h6-11H,5,12H2,1-4H3,(H,21,24)(H,22,23). The van der Waals surface area contributed by atoms with Crippen molar-refractivity contribution in [1.82, 2.24) is 5.32 Å². The Kier molecular flexibility index (Phi) is 5.74. The molecule has 126 valence electrons. The van der Waals surface area contributed by atoms with Crippen molar-refractivity contribution in [1.29, 1.82) is 0 Å². The van der Waals surface area contributed by atoms with E-state index in [4.69, 9.17) is 0 Å². The molecule has 4 nitrogen and oxygen atoms in total. The number of carbonyl (C=O) groups excluding carboxylic acids is 2. The zero-order valence-electron chi connectivity index (χ0n) is 14.7. The molecule has 0 aliphatic heterocycles. The predicted octanol–water partition coefficient (Wildman–Crippen LogP) is 3.54. The molecule has 24 heavy (non-hydrogen) atoms. The van der Waals surface area contributed by atoms with Crippen LogP contribution in [-0.2, 0) is 11.2 Å². The number of aryl methyl sites for hydroxylation is 4. The predicted molar refractivity (Wildman–Crippen MR) is 97.4 cm³/mol. The number of anilines is 1. The zero-order chi connectivity index (χ0) is 17.7. The molecular formula is C20H24N2O2. The number of nitrogens with one attached hydrogen (secondary N) is 2. The lowest BCUT2D eigenvalue weighted by Crippen LogP contribution is -2.33. The van der Waals surface area contributed by atoms with Crippen LogP contribution in [0.2, 0.25) is 0 Å². The fraction of sp³-hybridized carbons (Fsp3) is 0.300. The van der Waals surface area contributed by atoms with Gasteiger partial charge in [0.2, 0.25) is 5.91 Å². The van der Waals surface area contributed by atoms with E-state index < -0.39 is 0 Å². The van der Waals surface area contributed by atoms with Gasteiger partial charge in [-0.2, -0.15) is 0 Å². The van der Waals surface area contributed by atoms with Crippen molar-refractivity contribution in [3.8, 4) is 0 Å². The summed E-state index contributed by atoms with van der Waals surface area (Å²) in [6.07, 6.45) is 0.840. The number of para-hydroxylation sites is 1. The van der Waals surface area contributed by atoms with E-state index in [-0.39, 0.29) is 18.4 Å². The number of hydrogen-bond acceptors (Lipinski definition) is 2. The summed E-state index contributed by atoms with van der Waals surface area (Å²) >= 11 is 0. The third-order valence-corrected chi connectivity index (χ3v) is 4.18. The second-order valence-electron chi connectivity index (χ2n) is 5.99. The highest BCUT2D eigenvalue weighted by molar-refractivity contribution is 6.00. The Labute approximate surface area is 143 Å². The van der Waals surface area contributed by atoms with E-state index >= 15 is 0 Å². The van der Waals surface area contributed by atoms with Gasteiger partial charge in [0.1, 0.15) is 0 Å². The summed E-state index contributed by atoms with van der Waals surface area (Å²) < 4.78 is 0. The normalized spacial score (nSPS) is 10.3. The van der Waals surface area contributed by atoms with E-state index in [1.54, 1.807) is 6.07 Å². The summed E-state index contributed by atoms with van der Waals surface area (Å²) in [7, 11) is 0. The van der Waals surface area contributed by atoms with E-state index in [1.165, 1.54) is 0 Å². The van der Waals surface area contributed by atoms with Gasteiger partial charge in [0, 0.05) is 11.3 Å². The first-order valence-corrected chi connectivity index (χ1v) is 8.16. The first-order chi connectivity index (χ1) is 11.4. The van der Waals surface area contributed by atoms with Crippen LogP contribution in [0.4, 0.5) is 5.69 Å². The molecule has 0 radical (unpaired) electrons. The Morgan fingerprint density at radius 3 is 2.38 bits per heavy atom. The van der Waals surface area contributed by atoms with Gasteiger partial charge in [-0.05, 0) is 61.6 Å². The molecule has 0 fully saturated rings. The average Bonchev–Trinajstić information content (AvgIpc) is 2.57. The molecule has 0 aromatic heterocycles. The molecule has 0 aliphatic carbocycles. The molecule has 0 saturated carbocycles. The fourth-order valence-corrected chi connectivity index (χ4v) is 2.53. The second kappa shape index (κ2) is 7.77. The molecular weight excluding hydrogens is 300 g/mol. The van der Waals surface area contributed by atoms with E-state index in [2.05, 4.69) is 10.6 Å². The van der Waals surface area contributed by atoms with Crippen molar-refractivity contribution in [2.75, 3.05) is 11.9 Å². The van der Waals surface area contributed by atoms with E-state index in [0.717, 1.165) is 34.4 Å². The maximum absolute atomic E-state index is 12.2.